The monoisotopic (exact) mass is 369 g/mol. The summed E-state index contributed by atoms with van der Waals surface area (Å²) in [4.78, 5) is 12.3. The van der Waals surface area contributed by atoms with Crippen molar-refractivity contribution < 1.29 is 24.1 Å². The standard InChI is InChI=1S/C19H16FN3O4/c1-19(26,11-27-16-5-3-13(9-22)17(20)7-16)18(25)23-15-4-2-12(8-21)14(6-15)10-24/h2-7,24,26H,10-11H2,1H3,(H,23,25)/t19-/m0/s1. The van der Waals surface area contributed by atoms with Crippen molar-refractivity contribution in [2.75, 3.05) is 11.9 Å². The molecule has 0 saturated heterocycles. The van der Waals surface area contributed by atoms with Gasteiger partial charge in [0, 0.05) is 11.8 Å². The molecule has 138 valence electrons. The summed E-state index contributed by atoms with van der Waals surface area (Å²) in [5, 5.41) is 39.7. The lowest BCUT2D eigenvalue weighted by Crippen LogP contribution is -2.45. The van der Waals surface area contributed by atoms with Crippen molar-refractivity contribution in [1.82, 2.24) is 0 Å². The molecule has 7 nitrogen and oxygen atoms in total. The highest BCUT2D eigenvalue weighted by Gasteiger charge is 2.31. The zero-order valence-electron chi connectivity index (χ0n) is 14.4. The number of benzene rings is 2. The van der Waals surface area contributed by atoms with Crippen LogP contribution in [0.3, 0.4) is 0 Å². The summed E-state index contributed by atoms with van der Waals surface area (Å²) in [6.07, 6.45) is 0. The van der Waals surface area contributed by atoms with Crippen LogP contribution in [0.25, 0.3) is 0 Å². The Bertz CT molecular complexity index is 945. The number of amides is 1. The molecule has 8 heteroatoms. The SMILES string of the molecule is C[C@](O)(COc1ccc(C#N)c(F)c1)C(=O)Nc1ccc(C#N)c(CO)c1. The first-order valence-electron chi connectivity index (χ1n) is 7.81. The molecule has 0 heterocycles. The fourth-order valence-electron chi connectivity index (χ4n) is 2.14. The number of nitrogens with one attached hydrogen (secondary N) is 1. The van der Waals surface area contributed by atoms with Gasteiger partial charge in [0.15, 0.2) is 5.60 Å². The number of hydrogen-bond acceptors (Lipinski definition) is 6. The molecular formula is C19H16FN3O4. The van der Waals surface area contributed by atoms with Crippen LogP contribution < -0.4 is 10.1 Å². The molecule has 2 aromatic carbocycles. The third-order valence-electron chi connectivity index (χ3n) is 3.72. The van der Waals surface area contributed by atoms with Crippen molar-refractivity contribution >= 4 is 11.6 Å². The summed E-state index contributed by atoms with van der Waals surface area (Å²) in [5.41, 5.74) is -1.20. The lowest BCUT2D eigenvalue weighted by Gasteiger charge is -2.23. The molecule has 0 aliphatic rings. The van der Waals surface area contributed by atoms with E-state index in [4.69, 9.17) is 15.3 Å². The van der Waals surface area contributed by atoms with Gasteiger partial charge in [-0.2, -0.15) is 10.5 Å². The van der Waals surface area contributed by atoms with Gasteiger partial charge in [0.1, 0.15) is 24.2 Å². The molecule has 0 bridgehead atoms. The summed E-state index contributed by atoms with van der Waals surface area (Å²) in [5.74, 6) is -1.50. The average Bonchev–Trinajstić information content (AvgIpc) is 2.66. The lowest BCUT2D eigenvalue weighted by molar-refractivity contribution is -0.135. The number of anilines is 1. The number of nitrogens with zero attached hydrogens (tertiary/aromatic N) is 2. The van der Waals surface area contributed by atoms with E-state index in [1.165, 1.54) is 37.3 Å². The first-order valence-corrected chi connectivity index (χ1v) is 7.81. The first-order chi connectivity index (χ1) is 12.8. The normalized spacial score (nSPS) is 12.4. The Balaban J connectivity index is 2.06. The van der Waals surface area contributed by atoms with Gasteiger partial charge in [-0.25, -0.2) is 4.39 Å². The highest BCUT2D eigenvalue weighted by Crippen LogP contribution is 2.20. The number of nitriles is 2. The molecule has 0 spiro atoms. The molecule has 27 heavy (non-hydrogen) atoms. The Labute approximate surface area is 154 Å². The molecule has 0 radical (unpaired) electrons. The summed E-state index contributed by atoms with van der Waals surface area (Å²) in [6, 6.07) is 11.5. The summed E-state index contributed by atoms with van der Waals surface area (Å²) >= 11 is 0. The summed E-state index contributed by atoms with van der Waals surface area (Å²) < 4.78 is 18.8. The molecule has 2 aromatic rings. The number of carbonyl (C=O) groups is 1. The Morgan fingerprint density at radius 2 is 1.89 bits per heavy atom. The van der Waals surface area contributed by atoms with Crippen molar-refractivity contribution in [2.45, 2.75) is 19.1 Å². The second kappa shape index (κ2) is 8.28. The van der Waals surface area contributed by atoms with Crippen molar-refractivity contribution in [1.29, 1.82) is 10.5 Å². The van der Waals surface area contributed by atoms with Crippen molar-refractivity contribution in [3.63, 3.8) is 0 Å². The summed E-state index contributed by atoms with van der Waals surface area (Å²) in [7, 11) is 0. The highest BCUT2D eigenvalue weighted by atomic mass is 19.1. The highest BCUT2D eigenvalue weighted by molar-refractivity contribution is 5.97. The smallest absolute Gasteiger partial charge is 0.259 e. The molecule has 1 amide bonds. The maximum atomic E-state index is 13.6. The van der Waals surface area contributed by atoms with Crippen LogP contribution in [0.1, 0.15) is 23.6 Å². The number of aliphatic hydroxyl groups excluding tert-OH is 1. The maximum Gasteiger partial charge on any atom is 0.259 e. The Morgan fingerprint density at radius 3 is 2.48 bits per heavy atom. The van der Waals surface area contributed by atoms with Gasteiger partial charge in [0.05, 0.1) is 23.8 Å². The van der Waals surface area contributed by atoms with Crippen LogP contribution in [0, 0.1) is 28.5 Å². The van der Waals surface area contributed by atoms with Crippen LogP contribution >= 0.6 is 0 Å². The van der Waals surface area contributed by atoms with E-state index in [1.54, 1.807) is 6.07 Å². The number of hydrogen-bond donors (Lipinski definition) is 3. The van der Waals surface area contributed by atoms with E-state index in [0.29, 0.717) is 5.56 Å². The van der Waals surface area contributed by atoms with Crippen LogP contribution in [0.5, 0.6) is 5.75 Å². The molecular weight excluding hydrogens is 353 g/mol. The molecule has 0 aromatic heterocycles. The third-order valence-corrected chi connectivity index (χ3v) is 3.72. The number of halogens is 1. The molecule has 1 atom stereocenters. The lowest BCUT2D eigenvalue weighted by atomic mass is 10.1. The molecule has 0 aliphatic heterocycles. The number of rotatable bonds is 6. The quantitative estimate of drug-likeness (QED) is 0.713. The number of aliphatic hydroxyl groups is 2. The second-order valence-electron chi connectivity index (χ2n) is 5.91. The largest absolute Gasteiger partial charge is 0.490 e. The molecule has 0 fully saturated rings. The molecule has 2 rings (SSSR count). The fraction of sp³-hybridized carbons (Fsp3) is 0.211. The van der Waals surface area contributed by atoms with E-state index in [0.717, 1.165) is 6.07 Å². The first kappa shape index (κ1) is 19.9. The van der Waals surface area contributed by atoms with Crippen LogP contribution in [0.4, 0.5) is 10.1 Å². The minimum Gasteiger partial charge on any atom is -0.490 e. The molecule has 0 aliphatic carbocycles. The Kier molecular flexibility index (Phi) is 6.09. The van der Waals surface area contributed by atoms with Gasteiger partial charge in [-0.3, -0.25) is 4.79 Å². The zero-order valence-corrected chi connectivity index (χ0v) is 14.4. The van der Waals surface area contributed by atoms with E-state index in [1.807, 2.05) is 6.07 Å². The van der Waals surface area contributed by atoms with Gasteiger partial charge in [0.2, 0.25) is 0 Å². The van der Waals surface area contributed by atoms with Gasteiger partial charge in [-0.1, -0.05) is 0 Å². The Hall–Kier alpha value is -3.46. The van der Waals surface area contributed by atoms with Crippen LogP contribution in [-0.4, -0.2) is 28.3 Å². The maximum absolute atomic E-state index is 13.6. The third kappa shape index (κ3) is 4.79. The zero-order chi connectivity index (χ0) is 20.0. The van der Waals surface area contributed by atoms with Gasteiger partial charge in [0.25, 0.3) is 5.91 Å². The predicted molar refractivity (Wildman–Crippen MR) is 92.9 cm³/mol. The fourth-order valence-corrected chi connectivity index (χ4v) is 2.14. The van der Waals surface area contributed by atoms with Crippen molar-refractivity contribution in [2.24, 2.45) is 0 Å². The summed E-state index contributed by atoms with van der Waals surface area (Å²) in [6.45, 7) is 0.378. The topological polar surface area (TPSA) is 126 Å². The second-order valence-corrected chi connectivity index (χ2v) is 5.91. The van der Waals surface area contributed by atoms with E-state index in [-0.39, 0.29) is 29.2 Å². The number of ether oxygens (including phenoxy) is 1. The van der Waals surface area contributed by atoms with Crippen molar-refractivity contribution in [3.8, 4) is 17.9 Å². The molecule has 0 saturated carbocycles. The number of carbonyl (C=O) groups excluding carboxylic acids is 1. The van der Waals surface area contributed by atoms with E-state index in [2.05, 4.69) is 5.32 Å². The predicted octanol–water partition coefficient (Wildman–Crippen LogP) is 1.83. The minimum atomic E-state index is -1.95. The van der Waals surface area contributed by atoms with Crippen molar-refractivity contribution in [3.05, 3.63) is 58.9 Å². The van der Waals surface area contributed by atoms with Crippen LogP contribution in [0.2, 0.25) is 0 Å². The van der Waals surface area contributed by atoms with Gasteiger partial charge in [-0.15, -0.1) is 0 Å². The van der Waals surface area contributed by atoms with E-state index in [9.17, 15) is 19.4 Å². The van der Waals surface area contributed by atoms with Gasteiger partial charge < -0.3 is 20.3 Å². The van der Waals surface area contributed by atoms with Gasteiger partial charge in [-0.05, 0) is 42.8 Å². The van der Waals surface area contributed by atoms with E-state index >= 15 is 0 Å². The minimum absolute atomic E-state index is 0.0560. The average molecular weight is 369 g/mol. The van der Waals surface area contributed by atoms with E-state index < -0.39 is 23.9 Å². The van der Waals surface area contributed by atoms with Gasteiger partial charge >= 0.3 is 0 Å². The molecule has 3 N–H and O–H groups in total. The Morgan fingerprint density at radius 1 is 1.22 bits per heavy atom. The van der Waals surface area contributed by atoms with Crippen LogP contribution in [0.15, 0.2) is 36.4 Å². The van der Waals surface area contributed by atoms with Crippen LogP contribution in [-0.2, 0) is 11.4 Å². The molecule has 0 unspecified atom stereocenters.